The van der Waals surface area contributed by atoms with Gasteiger partial charge < -0.3 is 9.64 Å². The van der Waals surface area contributed by atoms with Gasteiger partial charge in [-0.25, -0.2) is 12.8 Å². The number of benzene rings is 2. The van der Waals surface area contributed by atoms with E-state index < -0.39 is 21.7 Å². The molecule has 1 heterocycles. The summed E-state index contributed by atoms with van der Waals surface area (Å²) in [7, 11) is -3.18. The number of sulfone groups is 1. The highest BCUT2D eigenvalue weighted by molar-refractivity contribution is 7.91. The smallest absolute Gasteiger partial charge is 0.261 e. The van der Waals surface area contributed by atoms with Gasteiger partial charge in [-0.1, -0.05) is 36.4 Å². The number of para-hydroxylation sites is 1. The average molecular weight is 391 g/mol. The highest BCUT2D eigenvalue weighted by atomic mass is 32.2. The van der Waals surface area contributed by atoms with Crippen LogP contribution in [0.1, 0.15) is 17.5 Å². The summed E-state index contributed by atoms with van der Waals surface area (Å²) in [6.45, 7) is 1.67. The third-order valence-corrected chi connectivity index (χ3v) is 6.46. The Morgan fingerprint density at radius 2 is 1.89 bits per heavy atom. The Bertz CT molecular complexity index is 929. The van der Waals surface area contributed by atoms with Crippen LogP contribution in [0.4, 0.5) is 4.39 Å². The van der Waals surface area contributed by atoms with Gasteiger partial charge in [-0.15, -0.1) is 0 Å². The molecule has 2 aromatic carbocycles. The Labute approximate surface area is 158 Å². The van der Waals surface area contributed by atoms with Crippen LogP contribution < -0.4 is 4.74 Å². The normalized spacial score (nSPS) is 18.2. The molecule has 27 heavy (non-hydrogen) atoms. The molecule has 0 saturated carbocycles. The van der Waals surface area contributed by atoms with E-state index >= 15 is 0 Å². The van der Waals surface area contributed by atoms with E-state index in [-0.39, 0.29) is 30.6 Å². The zero-order valence-corrected chi connectivity index (χ0v) is 15.9. The highest BCUT2D eigenvalue weighted by Gasteiger charge is 2.35. The minimum absolute atomic E-state index is 0.0167. The van der Waals surface area contributed by atoms with E-state index in [4.69, 9.17) is 4.74 Å². The summed E-state index contributed by atoms with van der Waals surface area (Å²) in [6.07, 6.45) is 0.354. The maximum atomic E-state index is 14.1. The molecule has 1 saturated heterocycles. The molecule has 5 nitrogen and oxygen atoms in total. The zero-order chi connectivity index (χ0) is 19.4. The number of rotatable bonds is 6. The number of carbonyl (C=O) groups is 1. The summed E-state index contributed by atoms with van der Waals surface area (Å²) in [6, 6.07) is 13.1. The van der Waals surface area contributed by atoms with Gasteiger partial charge in [-0.05, 0) is 31.0 Å². The fraction of sp³-hybridized carbons (Fsp3) is 0.350. The quantitative estimate of drug-likeness (QED) is 0.760. The summed E-state index contributed by atoms with van der Waals surface area (Å²) in [5.74, 6) is -0.245. The van der Waals surface area contributed by atoms with Crippen LogP contribution in [0.2, 0.25) is 0 Å². The van der Waals surface area contributed by atoms with Crippen molar-refractivity contribution in [2.45, 2.75) is 25.9 Å². The summed E-state index contributed by atoms with van der Waals surface area (Å²) in [5.41, 5.74) is 1.25. The van der Waals surface area contributed by atoms with Crippen LogP contribution in [0, 0.1) is 12.7 Å². The number of nitrogens with zero attached hydrogens (tertiary/aromatic N) is 1. The van der Waals surface area contributed by atoms with Gasteiger partial charge in [0.05, 0.1) is 11.5 Å². The molecule has 144 valence electrons. The van der Waals surface area contributed by atoms with E-state index in [1.165, 1.54) is 11.0 Å². The van der Waals surface area contributed by atoms with Crippen LogP contribution in [-0.4, -0.2) is 43.4 Å². The third-order valence-electron chi connectivity index (χ3n) is 4.71. The van der Waals surface area contributed by atoms with Crippen molar-refractivity contribution in [2.24, 2.45) is 0 Å². The number of hydrogen-bond acceptors (Lipinski definition) is 4. The number of amides is 1. The predicted octanol–water partition coefficient (Wildman–Crippen LogP) is 2.73. The molecule has 1 atom stereocenters. The molecule has 0 radical (unpaired) electrons. The lowest BCUT2D eigenvalue weighted by Crippen LogP contribution is -2.43. The molecule has 0 aliphatic carbocycles. The van der Waals surface area contributed by atoms with Crippen LogP contribution >= 0.6 is 0 Å². The van der Waals surface area contributed by atoms with Crippen LogP contribution in [-0.2, 0) is 21.2 Å². The molecule has 0 spiro atoms. The number of aryl methyl sites for hydroxylation is 1. The van der Waals surface area contributed by atoms with Crippen molar-refractivity contribution in [2.75, 3.05) is 18.1 Å². The van der Waals surface area contributed by atoms with Crippen molar-refractivity contribution >= 4 is 15.7 Å². The molecule has 0 bridgehead atoms. The van der Waals surface area contributed by atoms with E-state index in [2.05, 4.69) is 0 Å². The van der Waals surface area contributed by atoms with Crippen LogP contribution in [0.3, 0.4) is 0 Å². The highest BCUT2D eigenvalue weighted by Crippen LogP contribution is 2.22. The maximum Gasteiger partial charge on any atom is 0.261 e. The van der Waals surface area contributed by atoms with Crippen LogP contribution in [0.5, 0.6) is 5.75 Å². The number of ether oxygens (including phenoxy) is 1. The van der Waals surface area contributed by atoms with Crippen molar-refractivity contribution in [3.63, 3.8) is 0 Å². The van der Waals surface area contributed by atoms with Crippen LogP contribution in [0.25, 0.3) is 0 Å². The van der Waals surface area contributed by atoms with Gasteiger partial charge in [0.25, 0.3) is 5.91 Å². The molecule has 0 aromatic heterocycles. The van der Waals surface area contributed by atoms with Gasteiger partial charge in [-0.3, -0.25) is 4.79 Å². The van der Waals surface area contributed by atoms with Gasteiger partial charge in [0, 0.05) is 18.2 Å². The number of halogens is 1. The molecular formula is C20H22FNO4S. The SMILES string of the molecule is Cc1ccccc1OCC(=O)N(Cc1ccccc1F)C1CCS(=O)(=O)C1. The minimum atomic E-state index is -3.18. The van der Waals surface area contributed by atoms with Crippen molar-refractivity contribution in [1.82, 2.24) is 4.90 Å². The molecule has 1 aliphatic rings. The Morgan fingerprint density at radius 1 is 1.19 bits per heavy atom. The van der Waals surface area contributed by atoms with Gasteiger partial charge in [0.15, 0.2) is 16.4 Å². The van der Waals surface area contributed by atoms with Gasteiger partial charge in [-0.2, -0.15) is 0 Å². The van der Waals surface area contributed by atoms with Crippen molar-refractivity contribution < 1.29 is 22.3 Å². The van der Waals surface area contributed by atoms with E-state index in [0.29, 0.717) is 17.7 Å². The van der Waals surface area contributed by atoms with Gasteiger partial charge in [0.1, 0.15) is 11.6 Å². The Morgan fingerprint density at radius 3 is 2.56 bits per heavy atom. The first-order valence-electron chi connectivity index (χ1n) is 8.77. The Balaban J connectivity index is 1.77. The van der Waals surface area contributed by atoms with E-state index in [9.17, 15) is 17.6 Å². The molecule has 0 N–H and O–H groups in total. The van der Waals surface area contributed by atoms with E-state index in [1.54, 1.807) is 24.3 Å². The number of carbonyl (C=O) groups excluding carboxylic acids is 1. The monoisotopic (exact) mass is 391 g/mol. The first-order chi connectivity index (χ1) is 12.9. The second-order valence-corrected chi connectivity index (χ2v) is 8.95. The molecule has 1 fully saturated rings. The fourth-order valence-corrected chi connectivity index (χ4v) is 4.92. The molecule has 2 aromatic rings. The standard InChI is InChI=1S/C20H22FNO4S/c1-15-6-2-5-9-19(15)26-13-20(23)22(17-10-11-27(24,25)14-17)12-16-7-3-4-8-18(16)21/h2-9,17H,10-14H2,1H3. The summed E-state index contributed by atoms with van der Waals surface area (Å²) >= 11 is 0. The first kappa shape index (κ1) is 19.4. The van der Waals surface area contributed by atoms with Crippen molar-refractivity contribution in [1.29, 1.82) is 0 Å². The Hall–Kier alpha value is -2.41. The van der Waals surface area contributed by atoms with Gasteiger partial charge in [0.2, 0.25) is 0 Å². The topological polar surface area (TPSA) is 63.7 Å². The third kappa shape index (κ3) is 4.86. The van der Waals surface area contributed by atoms with Crippen molar-refractivity contribution in [3.05, 3.63) is 65.5 Å². The number of hydrogen-bond donors (Lipinski definition) is 0. The first-order valence-corrected chi connectivity index (χ1v) is 10.6. The summed E-state index contributed by atoms with van der Waals surface area (Å²) in [5, 5.41) is 0. The molecular weight excluding hydrogens is 369 g/mol. The molecule has 1 unspecified atom stereocenters. The summed E-state index contributed by atoms with van der Waals surface area (Å²) in [4.78, 5) is 14.3. The largest absolute Gasteiger partial charge is 0.484 e. The maximum absolute atomic E-state index is 14.1. The average Bonchev–Trinajstić information content (AvgIpc) is 2.99. The second-order valence-electron chi connectivity index (χ2n) is 6.72. The second kappa shape index (κ2) is 8.08. The van der Waals surface area contributed by atoms with Crippen LogP contribution in [0.15, 0.2) is 48.5 Å². The van der Waals surface area contributed by atoms with E-state index in [1.807, 2.05) is 25.1 Å². The fourth-order valence-electron chi connectivity index (χ4n) is 3.19. The predicted molar refractivity (Wildman–Crippen MR) is 101 cm³/mol. The molecule has 1 aliphatic heterocycles. The minimum Gasteiger partial charge on any atom is -0.484 e. The lowest BCUT2D eigenvalue weighted by molar-refractivity contribution is -0.136. The molecule has 3 rings (SSSR count). The van der Waals surface area contributed by atoms with E-state index in [0.717, 1.165) is 5.56 Å². The lowest BCUT2D eigenvalue weighted by atomic mass is 10.1. The molecule has 1 amide bonds. The van der Waals surface area contributed by atoms with Gasteiger partial charge >= 0.3 is 0 Å². The summed E-state index contributed by atoms with van der Waals surface area (Å²) < 4.78 is 43.4. The lowest BCUT2D eigenvalue weighted by Gasteiger charge is -2.28. The zero-order valence-electron chi connectivity index (χ0n) is 15.1. The Kier molecular flexibility index (Phi) is 5.79. The molecule has 7 heteroatoms. The van der Waals surface area contributed by atoms with Crippen molar-refractivity contribution in [3.8, 4) is 5.75 Å².